The van der Waals surface area contributed by atoms with Crippen molar-refractivity contribution in [3.63, 3.8) is 0 Å². The van der Waals surface area contributed by atoms with Crippen LogP contribution in [0.2, 0.25) is 0 Å². The monoisotopic (exact) mass is 350 g/mol. The van der Waals surface area contributed by atoms with Gasteiger partial charge in [0.05, 0.1) is 17.1 Å². The molecule has 1 amide bonds. The number of nitrogens with two attached hydrogens (primary N) is 1. The van der Waals surface area contributed by atoms with Crippen LogP contribution in [0.4, 0.5) is 11.4 Å². The number of thioether (sulfide) groups is 1. The van der Waals surface area contributed by atoms with Gasteiger partial charge in [0, 0.05) is 9.37 Å². The normalized spacial score (nSPS) is 10.3. The minimum absolute atomic E-state index is 0.0566. The molecule has 0 heterocycles. The number of hydrogen-bond donors (Lipinski definition) is 2. The van der Waals surface area contributed by atoms with Gasteiger partial charge >= 0.3 is 0 Å². The fourth-order valence-corrected chi connectivity index (χ4v) is 2.68. The fourth-order valence-electron chi connectivity index (χ4n) is 1.72. The highest BCUT2D eigenvalue weighted by molar-refractivity contribution is 9.10. The van der Waals surface area contributed by atoms with E-state index in [4.69, 9.17) is 5.73 Å². The van der Waals surface area contributed by atoms with Crippen LogP contribution in [0.5, 0.6) is 0 Å². The molecule has 104 valence electrons. The van der Waals surface area contributed by atoms with Gasteiger partial charge in [-0.05, 0) is 42.8 Å². The molecule has 0 unspecified atom stereocenters. The highest BCUT2D eigenvalue weighted by Gasteiger charge is 2.08. The van der Waals surface area contributed by atoms with Crippen molar-refractivity contribution < 1.29 is 4.79 Å². The van der Waals surface area contributed by atoms with Crippen molar-refractivity contribution in [3.8, 4) is 0 Å². The van der Waals surface area contributed by atoms with Crippen LogP contribution in [-0.2, 0) is 4.79 Å². The molecule has 2 rings (SSSR count). The Hall–Kier alpha value is -1.46. The molecule has 2 aromatic rings. The molecular formula is C15H15BrN2OS. The molecule has 0 aromatic heterocycles. The molecule has 0 aliphatic carbocycles. The summed E-state index contributed by atoms with van der Waals surface area (Å²) in [6.45, 7) is 1.92. The van der Waals surface area contributed by atoms with Crippen molar-refractivity contribution in [1.82, 2.24) is 0 Å². The first kappa shape index (κ1) is 14.9. The van der Waals surface area contributed by atoms with Crippen LogP contribution in [0.25, 0.3) is 0 Å². The lowest BCUT2D eigenvalue weighted by Crippen LogP contribution is -2.16. The van der Waals surface area contributed by atoms with E-state index in [9.17, 15) is 4.79 Å². The van der Waals surface area contributed by atoms with Crippen molar-refractivity contribution in [2.45, 2.75) is 11.8 Å². The predicted molar refractivity (Wildman–Crippen MR) is 89.1 cm³/mol. The largest absolute Gasteiger partial charge is 0.397 e. The third kappa shape index (κ3) is 4.02. The molecule has 0 bridgehead atoms. The van der Waals surface area contributed by atoms with E-state index in [2.05, 4.69) is 21.2 Å². The summed E-state index contributed by atoms with van der Waals surface area (Å²) in [4.78, 5) is 13.0. The summed E-state index contributed by atoms with van der Waals surface area (Å²) in [5.41, 5.74) is 8.12. The number of carbonyl (C=O) groups excluding carboxylic acids is 1. The molecule has 0 aliphatic rings. The molecule has 0 radical (unpaired) electrons. The van der Waals surface area contributed by atoms with Crippen molar-refractivity contribution in [2.24, 2.45) is 0 Å². The first-order valence-electron chi connectivity index (χ1n) is 6.09. The molecule has 0 aliphatic heterocycles. The maximum atomic E-state index is 12.0. The Morgan fingerprint density at radius 1 is 1.25 bits per heavy atom. The van der Waals surface area contributed by atoms with Crippen LogP contribution >= 0.6 is 27.7 Å². The zero-order valence-electron chi connectivity index (χ0n) is 11.0. The molecule has 0 fully saturated rings. The highest BCUT2D eigenvalue weighted by Crippen LogP contribution is 2.24. The van der Waals surface area contributed by atoms with Crippen molar-refractivity contribution in [3.05, 3.63) is 52.5 Å². The average Bonchev–Trinajstić information content (AvgIpc) is 2.42. The first-order chi connectivity index (χ1) is 9.56. The zero-order chi connectivity index (χ0) is 14.5. The minimum atomic E-state index is -0.0566. The Morgan fingerprint density at radius 2 is 1.95 bits per heavy atom. The van der Waals surface area contributed by atoms with Crippen molar-refractivity contribution >= 4 is 45.0 Å². The van der Waals surface area contributed by atoms with E-state index in [0.29, 0.717) is 17.1 Å². The van der Waals surface area contributed by atoms with Crippen LogP contribution in [0.15, 0.2) is 51.8 Å². The summed E-state index contributed by atoms with van der Waals surface area (Å²) >= 11 is 4.88. The zero-order valence-corrected chi connectivity index (χ0v) is 13.4. The van der Waals surface area contributed by atoms with Gasteiger partial charge in [0.2, 0.25) is 5.91 Å². The number of rotatable bonds is 4. The van der Waals surface area contributed by atoms with Gasteiger partial charge in [0.1, 0.15) is 0 Å². The Balaban J connectivity index is 1.94. The second kappa shape index (κ2) is 6.81. The fraction of sp³-hybridized carbons (Fsp3) is 0.133. The maximum Gasteiger partial charge on any atom is 0.234 e. The van der Waals surface area contributed by atoms with Crippen LogP contribution in [0, 0.1) is 6.92 Å². The molecule has 3 nitrogen and oxygen atoms in total. The Morgan fingerprint density at radius 3 is 2.60 bits per heavy atom. The van der Waals surface area contributed by atoms with Gasteiger partial charge in [-0.3, -0.25) is 4.79 Å². The second-order valence-corrected chi connectivity index (χ2v) is 6.29. The van der Waals surface area contributed by atoms with Gasteiger partial charge in [-0.25, -0.2) is 0 Å². The van der Waals surface area contributed by atoms with Gasteiger partial charge in [0.25, 0.3) is 0 Å². The van der Waals surface area contributed by atoms with Gasteiger partial charge in [-0.15, -0.1) is 11.8 Å². The van der Waals surface area contributed by atoms with Crippen LogP contribution in [0.1, 0.15) is 5.56 Å². The average molecular weight is 351 g/mol. The van der Waals surface area contributed by atoms with Crippen LogP contribution < -0.4 is 11.1 Å². The van der Waals surface area contributed by atoms with Crippen molar-refractivity contribution in [1.29, 1.82) is 0 Å². The molecule has 0 spiro atoms. The van der Waals surface area contributed by atoms with Gasteiger partial charge in [0.15, 0.2) is 0 Å². The Labute approximate surface area is 131 Å². The van der Waals surface area contributed by atoms with E-state index in [1.54, 1.807) is 6.07 Å². The van der Waals surface area contributed by atoms with E-state index in [-0.39, 0.29) is 5.91 Å². The molecule has 3 N–H and O–H groups in total. The van der Waals surface area contributed by atoms with E-state index in [1.165, 1.54) is 11.8 Å². The molecule has 0 atom stereocenters. The van der Waals surface area contributed by atoms with Crippen molar-refractivity contribution in [2.75, 3.05) is 16.8 Å². The summed E-state index contributed by atoms with van der Waals surface area (Å²) < 4.78 is 1.03. The summed E-state index contributed by atoms with van der Waals surface area (Å²) in [5.74, 6) is 0.300. The number of benzene rings is 2. The number of aryl methyl sites for hydroxylation is 1. The molecular weight excluding hydrogens is 336 g/mol. The smallest absolute Gasteiger partial charge is 0.234 e. The lowest BCUT2D eigenvalue weighted by atomic mass is 10.1. The number of anilines is 2. The number of halogens is 1. The van der Waals surface area contributed by atoms with Crippen LogP contribution in [0.3, 0.4) is 0 Å². The number of hydrogen-bond acceptors (Lipinski definition) is 3. The number of para-hydroxylation sites is 1. The standard InChI is InChI=1S/C15H15BrN2OS/c1-10-3-2-4-13(17)15(10)18-14(19)9-20-12-7-5-11(16)6-8-12/h2-8H,9,17H2,1H3,(H,18,19). The molecule has 0 saturated heterocycles. The van der Waals surface area contributed by atoms with E-state index in [1.807, 2.05) is 43.3 Å². The van der Waals surface area contributed by atoms with E-state index in [0.717, 1.165) is 14.9 Å². The molecule has 5 heteroatoms. The van der Waals surface area contributed by atoms with Crippen LogP contribution in [-0.4, -0.2) is 11.7 Å². The SMILES string of the molecule is Cc1cccc(N)c1NC(=O)CSc1ccc(Br)cc1. The number of carbonyl (C=O) groups is 1. The van der Waals surface area contributed by atoms with Gasteiger partial charge < -0.3 is 11.1 Å². The first-order valence-corrected chi connectivity index (χ1v) is 7.87. The van der Waals surface area contributed by atoms with Gasteiger partial charge in [-0.1, -0.05) is 28.1 Å². The number of nitrogens with one attached hydrogen (secondary N) is 1. The lowest BCUT2D eigenvalue weighted by Gasteiger charge is -2.10. The quantitative estimate of drug-likeness (QED) is 0.645. The Kier molecular flexibility index (Phi) is 5.09. The summed E-state index contributed by atoms with van der Waals surface area (Å²) in [5, 5.41) is 2.87. The van der Waals surface area contributed by atoms with E-state index >= 15 is 0 Å². The summed E-state index contributed by atoms with van der Waals surface area (Å²) in [6.07, 6.45) is 0. The number of nitrogen functional groups attached to an aromatic ring is 1. The molecule has 20 heavy (non-hydrogen) atoms. The predicted octanol–water partition coefficient (Wildman–Crippen LogP) is 4.07. The van der Waals surface area contributed by atoms with Gasteiger partial charge in [-0.2, -0.15) is 0 Å². The highest BCUT2D eigenvalue weighted by atomic mass is 79.9. The Bertz CT molecular complexity index is 594. The summed E-state index contributed by atoms with van der Waals surface area (Å²) in [7, 11) is 0. The molecule has 2 aromatic carbocycles. The summed E-state index contributed by atoms with van der Waals surface area (Å²) in [6, 6.07) is 13.4. The molecule has 0 saturated carbocycles. The third-order valence-corrected chi connectivity index (χ3v) is 4.29. The second-order valence-electron chi connectivity index (χ2n) is 4.33. The van der Waals surface area contributed by atoms with E-state index < -0.39 is 0 Å². The maximum absolute atomic E-state index is 12.0. The number of amides is 1. The lowest BCUT2D eigenvalue weighted by molar-refractivity contribution is -0.113. The minimum Gasteiger partial charge on any atom is -0.397 e. The topological polar surface area (TPSA) is 55.1 Å². The third-order valence-electron chi connectivity index (χ3n) is 2.75.